The van der Waals surface area contributed by atoms with Gasteiger partial charge in [0.15, 0.2) is 0 Å². The van der Waals surface area contributed by atoms with Crippen LogP contribution in [-0.4, -0.2) is 35.7 Å². The Morgan fingerprint density at radius 1 is 1.42 bits per heavy atom. The van der Waals surface area contributed by atoms with Crippen molar-refractivity contribution < 1.29 is 5.11 Å². The standard InChI is InChI=1S/C16H26N2O/c1-3-15(17)16(14-7-5-4-6-12(14)2)18-9-8-13(10-18)11-19/h4-7,13,15-16,19H,3,8-11,17H2,1-2H3. The SMILES string of the molecule is CCC(N)C(c1ccccc1C)N1CCC(CO)C1. The predicted molar refractivity (Wildman–Crippen MR) is 79.0 cm³/mol. The van der Waals surface area contributed by atoms with Gasteiger partial charge in [0.25, 0.3) is 0 Å². The van der Waals surface area contributed by atoms with Gasteiger partial charge >= 0.3 is 0 Å². The number of rotatable bonds is 5. The first-order chi connectivity index (χ1) is 9.17. The van der Waals surface area contributed by atoms with Crippen molar-refractivity contribution in [3.8, 4) is 0 Å². The van der Waals surface area contributed by atoms with E-state index in [4.69, 9.17) is 5.73 Å². The molecular formula is C16H26N2O. The van der Waals surface area contributed by atoms with E-state index < -0.39 is 0 Å². The molecule has 0 radical (unpaired) electrons. The van der Waals surface area contributed by atoms with Crippen molar-refractivity contribution in [3.05, 3.63) is 35.4 Å². The molecule has 1 aliphatic heterocycles. The van der Waals surface area contributed by atoms with Gasteiger partial charge in [0.1, 0.15) is 0 Å². The Bertz CT molecular complexity index is 407. The van der Waals surface area contributed by atoms with E-state index in [0.29, 0.717) is 12.5 Å². The van der Waals surface area contributed by atoms with Gasteiger partial charge < -0.3 is 10.8 Å². The molecule has 19 heavy (non-hydrogen) atoms. The fourth-order valence-electron chi connectivity index (χ4n) is 3.10. The molecule has 1 aromatic carbocycles. The van der Waals surface area contributed by atoms with E-state index in [1.807, 2.05) is 0 Å². The summed E-state index contributed by atoms with van der Waals surface area (Å²) in [4.78, 5) is 2.46. The molecule has 0 aliphatic carbocycles. The minimum absolute atomic E-state index is 0.151. The first-order valence-electron chi connectivity index (χ1n) is 7.33. The molecule has 3 N–H and O–H groups in total. The van der Waals surface area contributed by atoms with E-state index in [2.05, 4.69) is 43.0 Å². The molecule has 1 fully saturated rings. The highest BCUT2D eigenvalue weighted by Crippen LogP contribution is 2.32. The van der Waals surface area contributed by atoms with Crippen molar-refractivity contribution in [2.45, 2.75) is 38.8 Å². The highest BCUT2D eigenvalue weighted by molar-refractivity contribution is 5.30. The summed E-state index contributed by atoms with van der Waals surface area (Å²) in [5.74, 6) is 0.413. The molecule has 106 valence electrons. The third-order valence-electron chi connectivity index (χ3n) is 4.35. The minimum Gasteiger partial charge on any atom is -0.396 e. The molecule has 1 saturated heterocycles. The number of aliphatic hydroxyl groups excluding tert-OH is 1. The molecule has 0 saturated carbocycles. The summed E-state index contributed by atoms with van der Waals surface area (Å²) in [6.45, 7) is 6.60. The van der Waals surface area contributed by atoms with Crippen LogP contribution < -0.4 is 5.73 Å². The van der Waals surface area contributed by atoms with Crippen molar-refractivity contribution >= 4 is 0 Å². The van der Waals surface area contributed by atoms with E-state index in [0.717, 1.165) is 25.9 Å². The molecule has 3 nitrogen and oxygen atoms in total. The monoisotopic (exact) mass is 262 g/mol. The zero-order chi connectivity index (χ0) is 13.8. The molecule has 1 heterocycles. The van der Waals surface area contributed by atoms with E-state index in [-0.39, 0.29) is 12.1 Å². The van der Waals surface area contributed by atoms with E-state index in [9.17, 15) is 5.11 Å². The average Bonchev–Trinajstić information content (AvgIpc) is 2.89. The molecule has 1 aromatic rings. The van der Waals surface area contributed by atoms with Gasteiger partial charge in [-0.1, -0.05) is 31.2 Å². The van der Waals surface area contributed by atoms with Crippen LogP contribution in [-0.2, 0) is 0 Å². The summed E-state index contributed by atoms with van der Waals surface area (Å²) in [5.41, 5.74) is 9.03. The lowest BCUT2D eigenvalue weighted by atomic mass is 9.93. The third kappa shape index (κ3) is 3.16. The Kier molecular flexibility index (Phi) is 4.97. The lowest BCUT2D eigenvalue weighted by molar-refractivity contribution is 0.179. The maximum absolute atomic E-state index is 9.33. The summed E-state index contributed by atoms with van der Waals surface area (Å²) in [7, 11) is 0. The van der Waals surface area contributed by atoms with Crippen LogP contribution in [0.3, 0.4) is 0 Å². The van der Waals surface area contributed by atoms with Crippen molar-refractivity contribution in [2.24, 2.45) is 11.7 Å². The van der Waals surface area contributed by atoms with E-state index in [1.54, 1.807) is 0 Å². The fraction of sp³-hybridized carbons (Fsp3) is 0.625. The minimum atomic E-state index is 0.151. The largest absolute Gasteiger partial charge is 0.396 e. The fourth-order valence-corrected chi connectivity index (χ4v) is 3.10. The number of aliphatic hydroxyl groups is 1. The predicted octanol–water partition coefficient (Wildman–Crippen LogP) is 2.09. The molecule has 0 spiro atoms. The maximum atomic E-state index is 9.33. The Morgan fingerprint density at radius 2 is 2.16 bits per heavy atom. The van der Waals surface area contributed by atoms with Gasteiger partial charge in [-0.05, 0) is 43.4 Å². The van der Waals surface area contributed by atoms with Crippen LogP contribution in [0.1, 0.15) is 36.9 Å². The number of hydrogen-bond acceptors (Lipinski definition) is 3. The average molecular weight is 262 g/mol. The van der Waals surface area contributed by atoms with Gasteiger partial charge in [-0.25, -0.2) is 0 Å². The quantitative estimate of drug-likeness (QED) is 0.854. The first-order valence-corrected chi connectivity index (χ1v) is 7.33. The van der Waals surface area contributed by atoms with Crippen LogP contribution in [0.2, 0.25) is 0 Å². The molecule has 3 atom stereocenters. The molecule has 2 rings (SSSR count). The smallest absolute Gasteiger partial charge is 0.0501 e. The molecule has 0 bridgehead atoms. The van der Waals surface area contributed by atoms with E-state index in [1.165, 1.54) is 11.1 Å². The molecule has 3 unspecified atom stereocenters. The third-order valence-corrected chi connectivity index (χ3v) is 4.35. The summed E-state index contributed by atoms with van der Waals surface area (Å²) in [6.07, 6.45) is 2.05. The Labute approximate surface area is 116 Å². The van der Waals surface area contributed by atoms with Gasteiger partial charge in [0, 0.05) is 19.2 Å². The number of hydrogen-bond donors (Lipinski definition) is 2. The highest BCUT2D eigenvalue weighted by Gasteiger charge is 2.32. The molecule has 1 aliphatic rings. The lowest BCUT2D eigenvalue weighted by Crippen LogP contribution is -2.40. The summed E-state index contributed by atoms with van der Waals surface area (Å²) in [6, 6.07) is 8.96. The van der Waals surface area contributed by atoms with Crippen LogP contribution in [0.5, 0.6) is 0 Å². The number of benzene rings is 1. The number of nitrogens with zero attached hydrogens (tertiary/aromatic N) is 1. The second-order valence-corrected chi connectivity index (χ2v) is 5.71. The second kappa shape index (κ2) is 6.51. The molecule has 0 amide bonds. The molecule has 3 heteroatoms. The summed E-state index contributed by atoms with van der Waals surface area (Å²) >= 11 is 0. The first kappa shape index (κ1) is 14.5. The van der Waals surface area contributed by atoms with Crippen LogP contribution >= 0.6 is 0 Å². The van der Waals surface area contributed by atoms with Crippen LogP contribution in [0, 0.1) is 12.8 Å². The Hall–Kier alpha value is -0.900. The second-order valence-electron chi connectivity index (χ2n) is 5.71. The van der Waals surface area contributed by atoms with Crippen molar-refractivity contribution in [1.29, 1.82) is 0 Å². The van der Waals surface area contributed by atoms with Crippen molar-refractivity contribution in [2.75, 3.05) is 19.7 Å². The summed E-state index contributed by atoms with van der Waals surface area (Å²) < 4.78 is 0. The van der Waals surface area contributed by atoms with Gasteiger partial charge in [0.05, 0.1) is 6.04 Å². The van der Waals surface area contributed by atoms with Crippen molar-refractivity contribution in [1.82, 2.24) is 4.90 Å². The highest BCUT2D eigenvalue weighted by atomic mass is 16.3. The van der Waals surface area contributed by atoms with Crippen LogP contribution in [0.25, 0.3) is 0 Å². The lowest BCUT2D eigenvalue weighted by Gasteiger charge is -2.33. The zero-order valence-electron chi connectivity index (χ0n) is 12.0. The van der Waals surface area contributed by atoms with Crippen LogP contribution in [0.4, 0.5) is 0 Å². The Balaban J connectivity index is 2.25. The zero-order valence-corrected chi connectivity index (χ0v) is 12.0. The number of aryl methyl sites for hydroxylation is 1. The molecule has 0 aromatic heterocycles. The number of nitrogens with two attached hydrogens (primary N) is 1. The van der Waals surface area contributed by atoms with Crippen LogP contribution in [0.15, 0.2) is 24.3 Å². The van der Waals surface area contributed by atoms with E-state index >= 15 is 0 Å². The normalized spacial score (nSPS) is 23.5. The van der Waals surface area contributed by atoms with Gasteiger partial charge in [0.2, 0.25) is 0 Å². The summed E-state index contributed by atoms with van der Waals surface area (Å²) in [5, 5.41) is 9.33. The van der Waals surface area contributed by atoms with Crippen molar-refractivity contribution in [3.63, 3.8) is 0 Å². The molecular weight excluding hydrogens is 236 g/mol. The van der Waals surface area contributed by atoms with Gasteiger partial charge in [-0.2, -0.15) is 0 Å². The topological polar surface area (TPSA) is 49.5 Å². The van der Waals surface area contributed by atoms with Gasteiger partial charge in [-0.3, -0.25) is 4.90 Å². The Morgan fingerprint density at radius 3 is 2.74 bits per heavy atom. The maximum Gasteiger partial charge on any atom is 0.0501 e. The van der Waals surface area contributed by atoms with Gasteiger partial charge in [-0.15, -0.1) is 0 Å². The number of likely N-dealkylation sites (tertiary alicyclic amines) is 1.